The van der Waals surface area contributed by atoms with Crippen LogP contribution in [-0.2, 0) is 16.1 Å². The summed E-state index contributed by atoms with van der Waals surface area (Å²) in [4.78, 5) is 26.5. The predicted octanol–water partition coefficient (Wildman–Crippen LogP) is 4.41. The lowest BCUT2D eigenvalue weighted by atomic mass is 10.2. The number of thiocarbonyl (C=S) groups is 1. The van der Waals surface area contributed by atoms with E-state index in [2.05, 4.69) is 5.32 Å². The van der Waals surface area contributed by atoms with Crippen LogP contribution in [-0.4, -0.2) is 26.3 Å². The van der Waals surface area contributed by atoms with Crippen LogP contribution >= 0.6 is 35.6 Å². The monoisotopic (exact) mass is 404 g/mol. The van der Waals surface area contributed by atoms with Crippen LogP contribution < -0.4 is 5.32 Å². The highest BCUT2D eigenvalue weighted by Crippen LogP contribution is 2.31. The fraction of sp³-hybridized carbons (Fsp3) is 0.211. The summed E-state index contributed by atoms with van der Waals surface area (Å²) in [5.74, 6) is -0.360. The van der Waals surface area contributed by atoms with Gasteiger partial charge in [0.15, 0.2) is 0 Å². The van der Waals surface area contributed by atoms with Gasteiger partial charge in [-0.25, -0.2) is 0 Å². The quantitative estimate of drug-likeness (QED) is 0.750. The summed E-state index contributed by atoms with van der Waals surface area (Å²) in [5, 5.41) is 2.88. The second-order valence-electron chi connectivity index (χ2n) is 6.00. The van der Waals surface area contributed by atoms with Gasteiger partial charge in [0.1, 0.15) is 4.32 Å². The zero-order chi connectivity index (χ0) is 18.7. The molecular weight excluding hydrogens is 388 g/mol. The molecule has 0 bridgehead atoms. The molecule has 3 rings (SSSR count). The van der Waals surface area contributed by atoms with Crippen LogP contribution in [0.15, 0.2) is 48.5 Å². The number of halogens is 1. The van der Waals surface area contributed by atoms with E-state index in [1.54, 1.807) is 17.0 Å². The Morgan fingerprint density at radius 2 is 2.00 bits per heavy atom. The van der Waals surface area contributed by atoms with Gasteiger partial charge < -0.3 is 5.32 Å². The van der Waals surface area contributed by atoms with Gasteiger partial charge in [0.25, 0.3) is 0 Å². The summed E-state index contributed by atoms with van der Waals surface area (Å²) in [6.45, 7) is 2.32. The summed E-state index contributed by atoms with van der Waals surface area (Å²) < 4.78 is 0.509. The first-order chi connectivity index (χ1) is 12.4. The van der Waals surface area contributed by atoms with E-state index < -0.39 is 5.25 Å². The molecule has 0 saturated carbocycles. The summed E-state index contributed by atoms with van der Waals surface area (Å²) in [5.41, 5.74) is 2.56. The Morgan fingerprint density at radius 1 is 1.27 bits per heavy atom. The minimum absolute atomic E-state index is 0.0699. The SMILES string of the molecule is Cc1ccc(NC(=O)CC2SC(=S)N(Cc3ccccc3)C2=O)cc1Cl. The molecule has 0 aliphatic carbocycles. The lowest BCUT2D eigenvalue weighted by molar-refractivity contribution is -0.128. The molecule has 0 radical (unpaired) electrons. The third-order valence-corrected chi connectivity index (χ3v) is 6.01. The van der Waals surface area contributed by atoms with Gasteiger partial charge in [-0.2, -0.15) is 0 Å². The topological polar surface area (TPSA) is 49.4 Å². The first-order valence-corrected chi connectivity index (χ1v) is 9.72. The van der Waals surface area contributed by atoms with Crippen molar-refractivity contribution in [1.29, 1.82) is 0 Å². The summed E-state index contributed by atoms with van der Waals surface area (Å²) in [6, 6.07) is 15.0. The number of nitrogens with zero attached hydrogens (tertiary/aromatic N) is 1. The van der Waals surface area contributed by atoms with Crippen molar-refractivity contribution in [3.8, 4) is 0 Å². The maximum atomic E-state index is 12.6. The van der Waals surface area contributed by atoms with Crippen molar-refractivity contribution < 1.29 is 9.59 Å². The Morgan fingerprint density at radius 3 is 2.69 bits per heavy atom. The van der Waals surface area contributed by atoms with Crippen LogP contribution in [0.4, 0.5) is 5.69 Å². The molecule has 1 N–H and O–H groups in total. The summed E-state index contributed by atoms with van der Waals surface area (Å²) in [7, 11) is 0. The smallest absolute Gasteiger partial charge is 0.242 e. The fourth-order valence-corrected chi connectivity index (χ4v) is 4.26. The van der Waals surface area contributed by atoms with Gasteiger partial charge in [-0.05, 0) is 30.2 Å². The minimum Gasteiger partial charge on any atom is -0.326 e. The molecule has 26 heavy (non-hydrogen) atoms. The van der Waals surface area contributed by atoms with Crippen LogP contribution in [0.5, 0.6) is 0 Å². The molecule has 1 fully saturated rings. The highest BCUT2D eigenvalue weighted by molar-refractivity contribution is 8.24. The minimum atomic E-state index is -0.493. The average molecular weight is 405 g/mol. The van der Waals surface area contributed by atoms with Crippen LogP contribution in [0.1, 0.15) is 17.5 Å². The number of nitrogens with one attached hydrogen (secondary N) is 1. The maximum Gasteiger partial charge on any atom is 0.242 e. The van der Waals surface area contributed by atoms with E-state index in [-0.39, 0.29) is 18.2 Å². The second kappa shape index (κ2) is 8.20. The van der Waals surface area contributed by atoms with E-state index in [1.807, 2.05) is 43.3 Å². The highest BCUT2D eigenvalue weighted by atomic mass is 35.5. The molecule has 1 unspecified atom stereocenters. The Kier molecular flexibility index (Phi) is 5.96. The fourth-order valence-electron chi connectivity index (χ4n) is 2.59. The van der Waals surface area contributed by atoms with E-state index in [4.69, 9.17) is 23.8 Å². The van der Waals surface area contributed by atoms with Crippen molar-refractivity contribution in [2.45, 2.75) is 25.1 Å². The lowest BCUT2D eigenvalue weighted by Gasteiger charge is -2.15. The number of aryl methyl sites for hydroxylation is 1. The van der Waals surface area contributed by atoms with Gasteiger partial charge in [-0.15, -0.1) is 0 Å². The number of hydrogen-bond acceptors (Lipinski definition) is 4. The normalized spacial score (nSPS) is 16.8. The van der Waals surface area contributed by atoms with Crippen molar-refractivity contribution >= 4 is 57.4 Å². The van der Waals surface area contributed by atoms with Gasteiger partial charge in [0, 0.05) is 17.1 Å². The molecule has 1 heterocycles. The van der Waals surface area contributed by atoms with Gasteiger partial charge in [0.05, 0.1) is 11.8 Å². The highest BCUT2D eigenvalue weighted by Gasteiger charge is 2.38. The standard InChI is InChI=1S/C19H17ClN2O2S2/c1-12-7-8-14(9-15(12)20)21-17(23)10-16-18(24)22(19(25)26-16)11-13-5-3-2-4-6-13/h2-9,16H,10-11H2,1H3,(H,21,23). The van der Waals surface area contributed by atoms with Gasteiger partial charge >= 0.3 is 0 Å². The number of anilines is 1. The number of benzene rings is 2. The largest absolute Gasteiger partial charge is 0.326 e. The number of hydrogen-bond donors (Lipinski definition) is 1. The number of rotatable bonds is 5. The molecule has 2 aromatic rings. The Labute approximate surface area is 166 Å². The van der Waals surface area contributed by atoms with Crippen molar-refractivity contribution in [3.05, 3.63) is 64.7 Å². The first kappa shape index (κ1) is 18.9. The number of carbonyl (C=O) groups is 2. The molecule has 1 atom stereocenters. The zero-order valence-electron chi connectivity index (χ0n) is 14.1. The number of amides is 2. The molecule has 0 spiro atoms. The second-order valence-corrected chi connectivity index (χ2v) is 8.24. The van der Waals surface area contributed by atoms with Gasteiger partial charge in [-0.1, -0.05) is 72.0 Å². The van der Waals surface area contributed by atoms with Crippen LogP contribution in [0, 0.1) is 6.92 Å². The van der Waals surface area contributed by atoms with E-state index in [1.165, 1.54) is 11.8 Å². The van der Waals surface area contributed by atoms with Crippen molar-refractivity contribution in [1.82, 2.24) is 4.90 Å². The number of carbonyl (C=O) groups excluding carboxylic acids is 2. The Balaban J connectivity index is 1.61. The summed E-state index contributed by atoms with van der Waals surface area (Å²) in [6.07, 6.45) is 0.0699. The van der Waals surface area contributed by atoms with Crippen molar-refractivity contribution in [3.63, 3.8) is 0 Å². The van der Waals surface area contributed by atoms with Crippen LogP contribution in [0.25, 0.3) is 0 Å². The van der Waals surface area contributed by atoms with E-state index >= 15 is 0 Å². The van der Waals surface area contributed by atoms with Gasteiger partial charge in [-0.3, -0.25) is 14.5 Å². The van der Waals surface area contributed by atoms with E-state index in [0.717, 1.165) is 11.1 Å². The predicted molar refractivity (Wildman–Crippen MR) is 110 cm³/mol. The molecule has 1 aliphatic rings. The lowest BCUT2D eigenvalue weighted by Crippen LogP contribution is -2.32. The van der Waals surface area contributed by atoms with Gasteiger partial charge in [0.2, 0.25) is 11.8 Å². The molecule has 0 aromatic heterocycles. The van der Waals surface area contributed by atoms with Crippen molar-refractivity contribution in [2.24, 2.45) is 0 Å². The van der Waals surface area contributed by atoms with Crippen LogP contribution in [0.2, 0.25) is 5.02 Å². The molecule has 2 aromatic carbocycles. The van der Waals surface area contributed by atoms with Crippen molar-refractivity contribution in [2.75, 3.05) is 5.32 Å². The molecule has 134 valence electrons. The third kappa shape index (κ3) is 4.44. The molecule has 1 aliphatic heterocycles. The number of thioether (sulfide) groups is 1. The third-order valence-electron chi connectivity index (χ3n) is 4.01. The Bertz CT molecular complexity index is 858. The average Bonchev–Trinajstić information content (AvgIpc) is 2.86. The molecule has 2 amide bonds. The summed E-state index contributed by atoms with van der Waals surface area (Å²) >= 11 is 12.7. The first-order valence-electron chi connectivity index (χ1n) is 8.06. The van der Waals surface area contributed by atoms with E-state index in [9.17, 15) is 9.59 Å². The molecule has 7 heteroatoms. The van der Waals surface area contributed by atoms with E-state index in [0.29, 0.717) is 21.6 Å². The van der Waals surface area contributed by atoms with Crippen LogP contribution in [0.3, 0.4) is 0 Å². The molecule has 4 nitrogen and oxygen atoms in total. The zero-order valence-corrected chi connectivity index (χ0v) is 16.5. The molecular formula is C19H17ClN2O2S2. The Hall–Kier alpha value is -1.89. The maximum absolute atomic E-state index is 12.6. The molecule has 1 saturated heterocycles.